The van der Waals surface area contributed by atoms with Crippen molar-refractivity contribution < 1.29 is 38.1 Å². The minimum absolute atomic E-state index is 0.156. The molecular formula is C40H26N4O8. The first kappa shape index (κ1) is 32.9. The van der Waals surface area contributed by atoms with Crippen molar-refractivity contribution >= 4 is 59.4 Å². The first-order valence-electron chi connectivity index (χ1n) is 15.8. The third-order valence-electron chi connectivity index (χ3n) is 7.45. The Kier molecular flexibility index (Phi) is 9.42. The lowest BCUT2D eigenvalue weighted by molar-refractivity contribution is -0.130. The average molecular weight is 691 g/mol. The molecular weight excluding hydrogens is 664 g/mol. The molecule has 254 valence electrons. The minimum atomic E-state index is -0.727. The zero-order valence-corrected chi connectivity index (χ0v) is 27.0. The Labute approximate surface area is 296 Å². The third-order valence-corrected chi connectivity index (χ3v) is 7.45. The number of carbonyl (C=O) groups is 4. The highest BCUT2D eigenvalue weighted by Gasteiger charge is 2.25. The Morgan fingerprint density at radius 3 is 1.23 bits per heavy atom. The van der Waals surface area contributed by atoms with Crippen molar-refractivity contribution in [2.75, 3.05) is 10.6 Å². The van der Waals surface area contributed by atoms with Gasteiger partial charge in [-0.1, -0.05) is 60.7 Å². The SMILES string of the molecule is O=C(Nc1ccc(NC(=O)Oc2ccc(/C=C3/N=C(c4ccccc4)OC3=O)cc2)cc1)Oc1ccc(/C=C2/N=C(c3ccccc3)OC2=O)cc1. The van der Waals surface area contributed by atoms with Crippen LogP contribution in [0.1, 0.15) is 22.3 Å². The number of anilines is 2. The number of hydrogen-bond donors (Lipinski definition) is 2. The standard InChI is InChI=1S/C40H26N4O8/c45-37-33(43-35(51-37)27-7-3-1-4-8-27)23-25-11-19-31(20-12-25)49-39(47)41-29-15-17-30(18-16-29)42-40(48)50-32-21-13-26(14-22-32)24-34-38(46)52-36(44-34)28-9-5-2-6-10-28/h1-24H,(H,41,47)(H,42,48)/b33-23+,34-24+. The van der Waals surface area contributed by atoms with Gasteiger partial charge in [0.25, 0.3) is 0 Å². The summed E-state index contributed by atoms with van der Waals surface area (Å²) in [7, 11) is 0. The number of hydrogen-bond acceptors (Lipinski definition) is 10. The van der Waals surface area contributed by atoms with E-state index in [-0.39, 0.29) is 34.7 Å². The summed E-state index contributed by atoms with van der Waals surface area (Å²) >= 11 is 0. The van der Waals surface area contributed by atoms with E-state index in [1.165, 1.54) is 0 Å². The van der Waals surface area contributed by atoms with Crippen molar-refractivity contribution in [2.24, 2.45) is 9.98 Å². The molecule has 7 rings (SSSR count). The number of aliphatic imine (C=N–C) groups is 2. The number of rotatable bonds is 8. The molecule has 2 heterocycles. The van der Waals surface area contributed by atoms with E-state index in [0.29, 0.717) is 33.6 Å². The molecule has 12 heteroatoms. The Morgan fingerprint density at radius 1 is 0.500 bits per heavy atom. The predicted molar refractivity (Wildman–Crippen MR) is 193 cm³/mol. The minimum Gasteiger partial charge on any atom is -0.410 e. The summed E-state index contributed by atoms with van der Waals surface area (Å²) < 4.78 is 21.3. The van der Waals surface area contributed by atoms with Gasteiger partial charge in [0.05, 0.1) is 0 Å². The van der Waals surface area contributed by atoms with Crippen LogP contribution in [0.25, 0.3) is 12.2 Å². The molecule has 12 nitrogen and oxygen atoms in total. The molecule has 52 heavy (non-hydrogen) atoms. The highest BCUT2D eigenvalue weighted by atomic mass is 16.6. The van der Waals surface area contributed by atoms with Crippen LogP contribution in [0.4, 0.5) is 21.0 Å². The molecule has 0 fully saturated rings. The zero-order chi connectivity index (χ0) is 35.9. The van der Waals surface area contributed by atoms with E-state index in [2.05, 4.69) is 20.6 Å². The number of cyclic esters (lactones) is 2. The van der Waals surface area contributed by atoms with Gasteiger partial charge >= 0.3 is 24.1 Å². The Bertz CT molecular complexity index is 2120. The molecule has 0 saturated heterocycles. The summed E-state index contributed by atoms with van der Waals surface area (Å²) in [5, 5.41) is 5.23. The monoisotopic (exact) mass is 690 g/mol. The highest BCUT2D eigenvalue weighted by Crippen LogP contribution is 2.23. The number of ether oxygens (including phenoxy) is 4. The van der Waals surface area contributed by atoms with Gasteiger partial charge in [0.2, 0.25) is 11.8 Å². The van der Waals surface area contributed by atoms with Gasteiger partial charge in [-0.05, 0) is 96.1 Å². The first-order valence-corrected chi connectivity index (χ1v) is 15.8. The van der Waals surface area contributed by atoms with Crippen LogP contribution in [0.3, 0.4) is 0 Å². The molecule has 0 bridgehead atoms. The van der Waals surface area contributed by atoms with Crippen LogP contribution in [-0.2, 0) is 19.1 Å². The molecule has 0 unspecified atom stereocenters. The van der Waals surface area contributed by atoms with Gasteiger partial charge < -0.3 is 18.9 Å². The Balaban J connectivity index is 0.879. The zero-order valence-electron chi connectivity index (χ0n) is 27.0. The lowest BCUT2D eigenvalue weighted by Gasteiger charge is -2.09. The van der Waals surface area contributed by atoms with E-state index in [0.717, 1.165) is 0 Å². The fraction of sp³-hybridized carbons (Fsp3) is 0. The summed E-state index contributed by atoms with van der Waals surface area (Å²) in [6.45, 7) is 0. The Morgan fingerprint density at radius 2 is 0.865 bits per heavy atom. The number of amides is 2. The van der Waals surface area contributed by atoms with Crippen LogP contribution in [0, 0.1) is 0 Å². The topological polar surface area (TPSA) is 154 Å². The fourth-order valence-electron chi connectivity index (χ4n) is 4.94. The maximum Gasteiger partial charge on any atom is 0.417 e. The second kappa shape index (κ2) is 14.9. The van der Waals surface area contributed by atoms with Crippen LogP contribution in [0.15, 0.2) is 155 Å². The Hall–Kier alpha value is -7.60. The van der Waals surface area contributed by atoms with Crippen molar-refractivity contribution in [1.29, 1.82) is 0 Å². The normalized spacial score (nSPS) is 15.0. The van der Waals surface area contributed by atoms with Crippen LogP contribution in [-0.4, -0.2) is 35.9 Å². The van der Waals surface area contributed by atoms with Crippen molar-refractivity contribution in [3.05, 3.63) is 167 Å². The maximum absolute atomic E-state index is 12.5. The van der Waals surface area contributed by atoms with E-state index >= 15 is 0 Å². The number of benzene rings is 5. The lowest BCUT2D eigenvalue weighted by atomic mass is 10.2. The van der Waals surface area contributed by atoms with E-state index in [4.69, 9.17) is 18.9 Å². The van der Waals surface area contributed by atoms with E-state index < -0.39 is 24.1 Å². The predicted octanol–water partition coefficient (Wildman–Crippen LogP) is 7.60. The third kappa shape index (κ3) is 8.15. The number of esters is 2. The van der Waals surface area contributed by atoms with Crippen molar-refractivity contribution in [2.45, 2.75) is 0 Å². The van der Waals surface area contributed by atoms with Crippen LogP contribution in [0.5, 0.6) is 11.5 Å². The van der Waals surface area contributed by atoms with Crippen LogP contribution >= 0.6 is 0 Å². The summed E-state index contributed by atoms with van der Waals surface area (Å²) in [6, 6.07) is 37.6. The quantitative estimate of drug-likeness (QED) is 0.125. The molecule has 0 saturated carbocycles. The van der Waals surface area contributed by atoms with Gasteiger partial charge in [-0.25, -0.2) is 29.2 Å². The van der Waals surface area contributed by atoms with Gasteiger partial charge in [-0.15, -0.1) is 0 Å². The summed E-state index contributed by atoms with van der Waals surface area (Å²) in [6.07, 6.45) is 1.71. The van der Waals surface area contributed by atoms with E-state index in [1.54, 1.807) is 109 Å². The molecule has 0 atom stereocenters. The van der Waals surface area contributed by atoms with Gasteiger partial charge in [-0.3, -0.25) is 10.6 Å². The molecule has 5 aromatic carbocycles. The second-order valence-corrected chi connectivity index (χ2v) is 11.1. The van der Waals surface area contributed by atoms with Gasteiger partial charge in [-0.2, -0.15) is 0 Å². The molecule has 0 radical (unpaired) electrons. The van der Waals surface area contributed by atoms with Crippen molar-refractivity contribution in [3.8, 4) is 11.5 Å². The van der Waals surface area contributed by atoms with Gasteiger partial charge in [0.1, 0.15) is 11.5 Å². The molecule has 2 amide bonds. The van der Waals surface area contributed by atoms with E-state index in [1.807, 2.05) is 36.4 Å². The number of nitrogens with zero attached hydrogens (tertiary/aromatic N) is 2. The number of carbonyl (C=O) groups excluding carboxylic acids is 4. The molecule has 2 aliphatic heterocycles. The molecule has 0 aliphatic carbocycles. The molecule has 0 spiro atoms. The number of nitrogens with one attached hydrogen (secondary N) is 2. The van der Waals surface area contributed by atoms with E-state index in [9.17, 15) is 19.2 Å². The second-order valence-electron chi connectivity index (χ2n) is 11.1. The molecule has 2 N–H and O–H groups in total. The first-order chi connectivity index (χ1) is 25.3. The molecule has 0 aromatic heterocycles. The smallest absolute Gasteiger partial charge is 0.410 e. The van der Waals surface area contributed by atoms with Crippen molar-refractivity contribution in [3.63, 3.8) is 0 Å². The van der Waals surface area contributed by atoms with Crippen LogP contribution < -0.4 is 20.1 Å². The van der Waals surface area contributed by atoms with Crippen molar-refractivity contribution in [1.82, 2.24) is 0 Å². The van der Waals surface area contributed by atoms with Gasteiger partial charge in [0, 0.05) is 22.5 Å². The fourth-order valence-corrected chi connectivity index (χ4v) is 4.94. The summed E-state index contributed by atoms with van der Waals surface area (Å²) in [5.74, 6) is -0.0855. The maximum atomic E-state index is 12.5. The molecule has 2 aliphatic rings. The van der Waals surface area contributed by atoms with Crippen LogP contribution in [0.2, 0.25) is 0 Å². The lowest BCUT2D eigenvalue weighted by Crippen LogP contribution is -2.18. The molecule has 5 aromatic rings. The van der Waals surface area contributed by atoms with Gasteiger partial charge in [0.15, 0.2) is 11.4 Å². The summed E-state index contributed by atoms with van der Waals surface area (Å²) in [5.41, 5.74) is 3.87. The highest BCUT2D eigenvalue weighted by molar-refractivity contribution is 6.13. The largest absolute Gasteiger partial charge is 0.417 e. The summed E-state index contributed by atoms with van der Waals surface area (Å²) in [4.78, 5) is 58.1. The average Bonchev–Trinajstić information content (AvgIpc) is 3.72.